The maximum atomic E-state index is 12.3. The van der Waals surface area contributed by atoms with Gasteiger partial charge in [-0.25, -0.2) is 0 Å². The third-order valence-electron chi connectivity index (χ3n) is 3.34. The first-order valence-corrected chi connectivity index (χ1v) is 7.26. The van der Waals surface area contributed by atoms with E-state index in [4.69, 9.17) is 4.74 Å². The highest BCUT2D eigenvalue weighted by Gasteiger charge is 2.32. The molecule has 2 rings (SSSR count). The van der Waals surface area contributed by atoms with Gasteiger partial charge in [0.05, 0.1) is 5.69 Å². The van der Waals surface area contributed by atoms with Gasteiger partial charge in [0.15, 0.2) is 6.10 Å². The van der Waals surface area contributed by atoms with Crippen molar-refractivity contribution >= 4 is 23.8 Å². The van der Waals surface area contributed by atoms with Gasteiger partial charge in [-0.15, -0.1) is 0 Å². The van der Waals surface area contributed by atoms with Crippen LogP contribution in [-0.2, 0) is 9.59 Å². The number of nitrogens with zero attached hydrogens (tertiary/aromatic N) is 1. The molecule has 0 radical (unpaired) electrons. The molecule has 6 nitrogen and oxygen atoms in total. The van der Waals surface area contributed by atoms with Crippen LogP contribution in [0, 0.1) is 5.92 Å². The largest absolute Gasteiger partial charge is 0.479 e. The average molecular weight is 304 g/mol. The number of aldehydes is 1. The van der Waals surface area contributed by atoms with Crippen LogP contribution >= 0.6 is 0 Å². The third kappa shape index (κ3) is 3.44. The zero-order valence-corrected chi connectivity index (χ0v) is 13.0. The summed E-state index contributed by atoms with van der Waals surface area (Å²) in [6.45, 7) is 6.09. The first-order chi connectivity index (χ1) is 10.4. The molecule has 22 heavy (non-hydrogen) atoms. The Hall–Kier alpha value is -2.37. The lowest BCUT2D eigenvalue weighted by Gasteiger charge is -2.32. The van der Waals surface area contributed by atoms with E-state index < -0.39 is 6.10 Å². The summed E-state index contributed by atoms with van der Waals surface area (Å²) in [6, 6.07) is 4.81. The van der Waals surface area contributed by atoms with E-state index in [2.05, 4.69) is 5.32 Å². The number of fused-ring (bicyclic) bond motifs is 1. The van der Waals surface area contributed by atoms with Crippen LogP contribution in [0.15, 0.2) is 18.2 Å². The zero-order chi connectivity index (χ0) is 16.3. The molecule has 1 heterocycles. The third-order valence-corrected chi connectivity index (χ3v) is 3.34. The number of benzene rings is 1. The Morgan fingerprint density at radius 2 is 2.18 bits per heavy atom. The van der Waals surface area contributed by atoms with Crippen molar-refractivity contribution in [2.24, 2.45) is 5.92 Å². The second-order valence-electron chi connectivity index (χ2n) is 5.73. The van der Waals surface area contributed by atoms with Crippen molar-refractivity contribution in [1.29, 1.82) is 0 Å². The number of nitrogens with one attached hydrogen (secondary N) is 1. The number of amides is 2. The SMILES string of the molecule is CC(C)CNC(=O)CN1C(=O)C(C)Oc2ccc(C=O)cc21. The first-order valence-electron chi connectivity index (χ1n) is 7.26. The summed E-state index contributed by atoms with van der Waals surface area (Å²) < 4.78 is 5.51. The van der Waals surface area contributed by atoms with Crippen molar-refractivity contribution in [2.75, 3.05) is 18.0 Å². The van der Waals surface area contributed by atoms with Crippen molar-refractivity contribution in [3.8, 4) is 5.75 Å². The molecule has 1 aromatic rings. The lowest BCUT2D eigenvalue weighted by Crippen LogP contribution is -2.49. The van der Waals surface area contributed by atoms with Crippen molar-refractivity contribution in [1.82, 2.24) is 5.32 Å². The van der Waals surface area contributed by atoms with Crippen LogP contribution < -0.4 is 15.0 Å². The van der Waals surface area contributed by atoms with Crippen LogP contribution in [0.3, 0.4) is 0 Å². The minimum absolute atomic E-state index is 0.0887. The van der Waals surface area contributed by atoms with E-state index in [1.807, 2.05) is 13.8 Å². The highest BCUT2D eigenvalue weighted by Crippen LogP contribution is 2.34. The lowest BCUT2D eigenvalue weighted by molar-refractivity contribution is -0.128. The molecule has 1 atom stereocenters. The number of carbonyl (C=O) groups excluding carboxylic acids is 3. The Labute approximate surface area is 129 Å². The molecule has 0 bridgehead atoms. The second-order valence-corrected chi connectivity index (χ2v) is 5.73. The van der Waals surface area contributed by atoms with Gasteiger partial charge in [0.25, 0.3) is 5.91 Å². The van der Waals surface area contributed by atoms with Gasteiger partial charge in [0.2, 0.25) is 5.91 Å². The summed E-state index contributed by atoms with van der Waals surface area (Å²) in [4.78, 5) is 36.6. The van der Waals surface area contributed by atoms with Crippen LogP contribution in [-0.4, -0.2) is 37.3 Å². The molecule has 1 aliphatic heterocycles. The maximum Gasteiger partial charge on any atom is 0.268 e. The van der Waals surface area contributed by atoms with E-state index in [1.54, 1.807) is 25.1 Å². The van der Waals surface area contributed by atoms with E-state index in [0.717, 1.165) is 0 Å². The van der Waals surface area contributed by atoms with Gasteiger partial charge in [-0.2, -0.15) is 0 Å². The first kappa shape index (κ1) is 16.0. The van der Waals surface area contributed by atoms with Gasteiger partial charge in [-0.05, 0) is 31.0 Å². The van der Waals surface area contributed by atoms with Crippen molar-refractivity contribution in [3.63, 3.8) is 0 Å². The van der Waals surface area contributed by atoms with Gasteiger partial charge in [-0.3, -0.25) is 19.3 Å². The summed E-state index contributed by atoms with van der Waals surface area (Å²) in [5.74, 6) is 0.292. The molecule has 1 aliphatic rings. The summed E-state index contributed by atoms with van der Waals surface area (Å²) in [5.41, 5.74) is 0.879. The van der Waals surface area contributed by atoms with Crippen molar-refractivity contribution < 1.29 is 19.1 Å². The number of hydrogen-bond acceptors (Lipinski definition) is 4. The van der Waals surface area contributed by atoms with Crippen LogP contribution in [0.4, 0.5) is 5.69 Å². The Kier molecular flexibility index (Phi) is 4.80. The molecule has 118 valence electrons. The summed E-state index contributed by atoms with van der Waals surface area (Å²) in [6.07, 6.45) is 0.0345. The molecule has 1 unspecified atom stereocenters. The van der Waals surface area contributed by atoms with Gasteiger partial charge in [0.1, 0.15) is 18.6 Å². The smallest absolute Gasteiger partial charge is 0.268 e. The van der Waals surface area contributed by atoms with E-state index in [9.17, 15) is 14.4 Å². The molecule has 0 saturated heterocycles. The fourth-order valence-corrected chi connectivity index (χ4v) is 2.18. The lowest BCUT2D eigenvalue weighted by atomic mass is 10.1. The summed E-state index contributed by atoms with van der Waals surface area (Å²) in [7, 11) is 0. The van der Waals surface area contributed by atoms with Crippen LogP contribution in [0.1, 0.15) is 31.1 Å². The highest BCUT2D eigenvalue weighted by atomic mass is 16.5. The number of anilines is 1. The highest BCUT2D eigenvalue weighted by molar-refractivity contribution is 6.04. The van der Waals surface area contributed by atoms with Crippen molar-refractivity contribution in [2.45, 2.75) is 26.9 Å². The topological polar surface area (TPSA) is 75.7 Å². The molecule has 0 aromatic heterocycles. The summed E-state index contributed by atoms with van der Waals surface area (Å²) >= 11 is 0. The fraction of sp³-hybridized carbons (Fsp3) is 0.438. The standard InChI is InChI=1S/C16H20N2O4/c1-10(2)7-17-15(20)8-18-13-6-12(9-19)4-5-14(13)22-11(3)16(18)21/h4-6,9-11H,7-8H2,1-3H3,(H,17,20). The Morgan fingerprint density at radius 1 is 1.45 bits per heavy atom. The predicted octanol–water partition coefficient (Wildman–Crippen LogP) is 1.39. The predicted molar refractivity (Wildman–Crippen MR) is 82.1 cm³/mol. The van der Waals surface area contributed by atoms with E-state index in [0.29, 0.717) is 35.7 Å². The quantitative estimate of drug-likeness (QED) is 0.834. The molecule has 2 amide bonds. The molecular formula is C16H20N2O4. The molecule has 0 fully saturated rings. The van der Waals surface area contributed by atoms with E-state index in [1.165, 1.54) is 4.90 Å². The Balaban J connectivity index is 2.24. The number of hydrogen-bond donors (Lipinski definition) is 1. The number of ether oxygens (including phenoxy) is 1. The zero-order valence-electron chi connectivity index (χ0n) is 13.0. The van der Waals surface area contributed by atoms with Gasteiger partial charge >= 0.3 is 0 Å². The molecule has 1 N–H and O–H groups in total. The molecule has 0 saturated carbocycles. The fourth-order valence-electron chi connectivity index (χ4n) is 2.18. The monoisotopic (exact) mass is 304 g/mol. The summed E-state index contributed by atoms with van der Waals surface area (Å²) in [5, 5.41) is 2.78. The Morgan fingerprint density at radius 3 is 2.82 bits per heavy atom. The molecule has 1 aromatic carbocycles. The normalized spacial score (nSPS) is 17.0. The van der Waals surface area contributed by atoms with Crippen molar-refractivity contribution in [3.05, 3.63) is 23.8 Å². The molecule has 0 aliphatic carbocycles. The molecule has 6 heteroatoms. The van der Waals surface area contributed by atoms with Crippen LogP contribution in [0.25, 0.3) is 0 Å². The van der Waals surface area contributed by atoms with Gasteiger partial charge < -0.3 is 10.1 Å². The average Bonchev–Trinajstić information content (AvgIpc) is 2.49. The number of rotatable bonds is 5. The van der Waals surface area contributed by atoms with Gasteiger partial charge in [0, 0.05) is 12.1 Å². The van der Waals surface area contributed by atoms with Gasteiger partial charge in [-0.1, -0.05) is 13.8 Å². The van der Waals surface area contributed by atoms with E-state index in [-0.39, 0.29) is 18.4 Å². The minimum Gasteiger partial charge on any atom is -0.479 e. The second kappa shape index (κ2) is 6.60. The van der Waals surface area contributed by atoms with Crippen LogP contribution in [0.5, 0.6) is 5.75 Å². The minimum atomic E-state index is -0.660. The van der Waals surface area contributed by atoms with E-state index >= 15 is 0 Å². The Bertz CT molecular complexity index is 598. The molecular weight excluding hydrogens is 284 g/mol. The van der Waals surface area contributed by atoms with Crippen LogP contribution in [0.2, 0.25) is 0 Å². The maximum absolute atomic E-state index is 12.3. The molecule has 0 spiro atoms. The number of carbonyl (C=O) groups is 3.